The second-order valence-electron chi connectivity index (χ2n) is 4.24. The molecule has 0 aliphatic heterocycles. The second-order valence-corrected chi connectivity index (χ2v) is 4.69. The summed E-state index contributed by atoms with van der Waals surface area (Å²) in [7, 11) is 0. The van der Waals surface area contributed by atoms with Crippen molar-refractivity contribution in [2.24, 2.45) is 0 Å². The van der Waals surface area contributed by atoms with E-state index in [1.54, 1.807) is 0 Å². The third kappa shape index (κ3) is 3.88. The molecule has 2 heteroatoms. The lowest BCUT2D eigenvalue weighted by Gasteiger charge is -2.11. The van der Waals surface area contributed by atoms with E-state index in [-0.39, 0.29) is 0 Å². The van der Waals surface area contributed by atoms with Crippen LogP contribution in [0.15, 0.2) is 18.2 Å². The largest absolute Gasteiger partial charge is 0.312 e. The van der Waals surface area contributed by atoms with Gasteiger partial charge in [-0.1, -0.05) is 32.0 Å². The van der Waals surface area contributed by atoms with Crippen molar-refractivity contribution < 1.29 is 0 Å². The molecule has 0 radical (unpaired) electrons. The molecule has 0 aliphatic rings. The predicted octanol–water partition coefficient (Wildman–Crippen LogP) is 3.14. The SMILES string of the molecule is Cc1ccc(C(C)C)cc1CNCCS. The lowest BCUT2D eigenvalue weighted by molar-refractivity contribution is 0.726. The Morgan fingerprint density at radius 3 is 2.67 bits per heavy atom. The Balaban J connectivity index is 2.72. The number of benzene rings is 1. The third-order valence-corrected chi connectivity index (χ3v) is 2.87. The maximum Gasteiger partial charge on any atom is 0.0208 e. The molecule has 0 spiro atoms. The number of hydrogen-bond acceptors (Lipinski definition) is 2. The first-order chi connectivity index (χ1) is 7.15. The molecule has 0 aliphatic carbocycles. The Morgan fingerprint density at radius 1 is 1.33 bits per heavy atom. The first-order valence-corrected chi connectivity index (χ1v) is 6.19. The fourth-order valence-electron chi connectivity index (χ4n) is 1.54. The lowest BCUT2D eigenvalue weighted by Crippen LogP contribution is -2.16. The van der Waals surface area contributed by atoms with Crippen LogP contribution in [0, 0.1) is 6.92 Å². The van der Waals surface area contributed by atoms with Crippen molar-refractivity contribution >= 4 is 12.6 Å². The smallest absolute Gasteiger partial charge is 0.0208 e. The van der Waals surface area contributed by atoms with E-state index in [1.807, 2.05) is 0 Å². The minimum absolute atomic E-state index is 0.606. The van der Waals surface area contributed by atoms with Gasteiger partial charge in [0.05, 0.1) is 0 Å². The molecule has 0 unspecified atom stereocenters. The molecule has 0 bridgehead atoms. The molecule has 15 heavy (non-hydrogen) atoms. The van der Waals surface area contributed by atoms with Crippen molar-refractivity contribution in [2.45, 2.75) is 33.2 Å². The molecule has 0 saturated heterocycles. The maximum absolute atomic E-state index is 4.18. The molecule has 1 nitrogen and oxygen atoms in total. The summed E-state index contributed by atoms with van der Waals surface area (Å²) >= 11 is 4.18. The minimum Gasteiger partial charge on any atom is -0.312 e. The summed E-state index contributed by atoms with van der Waals surface area (Å²) in [5, 5.41) is 3.38. The number of rotatable bonds is 5. The van der Waals surface area contributed by atoms with E-state index in [0.717, 1.165) is 18.8 Å². The summed E-state index contributed by atoms with van der Waals surface area (Å²) in [6.45, 7) is 8.55. The summed E-state index contributed by atoms with van der Waals surface area (Å²) in [6, 6.07) is 6.75. The molecule has 0 heterocycles. The summed E-state index contributed by atoms with van der Waals surface area (Å²) < 4.78 is 0. The van der Waals surface area contributed by atoms with E-state index in [2.05, 4.69) is 56.9 Å². The van der Waals surface area contributed by atoms with Gasteiger partial charge < -0.3 is 5.32 Å². The highest BCUT2D eigenvalue weighted by Gasteiger charge is 2.03. The van der Waals surface area contributed by atoms with Gasteiger partial charge in [-0.2, -0.15) is 12.6 Å². The lowest BCUT2D eigenvalue weighted by atomic mass is 9.98. The normalized spacial score (nSPS) is 11.0. The first kappa shape index (κ1) is 12.6. The van der Waals surface area contributed by atoms with Gasteiger partial charge in [0, 0.05) is 18.8 Å². The summed E-state index contributed by atoms with van der Waals surface area (Å²) in [6.07, 6.45) is 0. The Bertz CT molecular complexity index is 307. The van der Waals surface area contributed by atoms with Crippen LogP contribution in [0.5, 0.6) is 0 Å². The van der Waals surface area contributed by atoms with Crippen molar-refractivity contribution in [3.63, 3.8) is 0 Å². The zero-order chi connectivity index (χ0) is 11.3. The monoisotopic (exact) mass is 223 g/mol. The fraction of sp³-hybridized carbons (Fsp3) is 0.538. The average Bonchev–Trinajstić information content (AvgIpc) is 2.20. The molecule has 0 amide bonds. The molecule has 1 aromatic rings. The Labute approximate surface area is 98.7 Å². The highest BCUT2D eigenvalue weighted by atomic mass is 32.1. The topological polar surface area (TPSA) is 12.0 Å². The van der Waals surface area contributed by atoms with E-state index in [4.69, 9.17) is 0 Å². The zero-order valence-corrected chi connectivity index (χ0v) is 10.8. The van der Waals surface area contributed by atoms with E-state index < -0.39 is 0 Å². The van der Waals surface area contributed by atoms with Gasteiger partial charge in [0.25, 0.3) is 0 Å². The third-order valence-electron chi connectivity index (χ3n) is 2.64. The molecule has 84 valence electrons. The number of aryl methyl sites for hydroxylation is 1. The van der Waals surface area contributed by atoms with Crippen LogP contribution in [0.3, 0.4) is 0 Å². The Morgan fingerprint density at radius 2 is 2.07 bits per heavy atom. The zero-order valence-electron chi connectivity index (χ0n) is 9.88. The molecule has 0 atom stereocenters. The van der Waals surface area contributed by atoms with E-state index >= 15 is 0 Å². The molecule has 1 N–H and O–H groups in total. The van der Waals surface area contributed by atoms with Crippen molar-refractivity contribution in [2.75, 3.05) is 12.3 Å². The van der Waals surface area contributed by atoms with Gasteiger partial charge in [0.15, 0.2) is 0 Å². The van der Waals surface area contributed by atoms with Gasteiger partial charge >= 0.3 is 0 Å². The van der Waals surface area contributed by atoms with Crippen molar-refractivity contribution in [3.8, 4) is 0 Å². The van der Waals surface area contributed by atoms with Gasteiger partial charge in [-0.15, -0.1) is 0 Å². The molecular weight excluding hydrogens is 202 g/mol. The standard InChI is InChI=1S/C13H21NS/c1-10(2)12-5-4-11(3)13(8-12)9-14-6-7-15/h4-5,8,10,14-15H,6-7,9H2,1-3H3. The Hall–Kier alpha value is -0.470. The summed E-state index contributed by atoms with van der Waals surface area (Å²) in [5.41, 5.74) is 4.19. The Kier molecular flexibility index (Phi) is 5.20. The highest BCUT2D eigenvalue weighted by molar-refractivity contribution is 7.80. The van der Waals surface area contributed by atoms with Gasteiger partial charge in [-0.25, -0.2) is 0 Å². The second kappa shape index (κ2) is 6.19. The van der Waals surface area contributed by atoms with Crippen molar-refractivity contribution in [1.29, 1.82) is 0 Å². The molecular formula is C13H21NS. The van der Waals surface area contributed by atoms with Crippen LogP contribution in [0.25, 0.3) is 0 Å². The molecule has 1 aromatic carbocycles. The van der Waals surface area contributed by atoms with E-state index in [0.29, 0.717) is 5.92 Å². The van der Waals surface area contributed by atoms with Gasteiger partial charge in [0.1, 0.15) is 0 Å². The van der Waals surface area contributed by atoms with E-state index in [1.165, 1.54) is 16.7 Å². The van der Waals surface area contributed by atoms with Crippen molar-refractivity contribution in [1.82, 2.24) is 5.32 Å². The van der Waals surface area contributed by atoms with Crippen molar-refractivity contribution in [3.05, 3.63) is 34.9 Å². The fourth-order valence-corrected chi connectivity index (χ4v) is 1.70. The molecule has 0 fully saturated rings. The van der Waals surface area contributed by atoms with E-state index in [9.17, 15) is 0 Å². The van der Waals surface area contributed by atoms with Crippen LogP contribution in [0.2, 0.25) is 0 Å². The van der Waals surface area contributed by atoms with Crippen LogP contribution in [0.4, 0.5) is 0 Å². The predicted molar refractivity (Wildman–Crippen MR) is 70.8 cm³/mol. The van der Waals surface area contributed by atoms with Crippen LogP contribution >= 0.6 is 12.6 Å². The summed E-state index contributed by atoms with van der Waals surface area (Å²) in [4.78, 5) is 0. The van der Waals surface area contributed by atoms with Gasteiger partial charge in [0.2, 0.25) is 0 Å². The van der Waals surface area contributed by atoms with Crippen LogP contribution < -0.4 is 5.32 Å². The summed E-state index contributed by atoms with van der Waals surface area (Å²) in [5.74, 6) is 1.50. The molecule has 1 rings (SSSR count). The van der Waals surface area contributed by atoms with Gasteiger partial charge in [-0.05, 0) is 29.5 Å². The number of hydrogen-bond donors (Lipinski definition) is 2. The minimum atomic E-state index is 0.606. The van der Waals surface area contributed by atoms with Crippen LogP contribution in [-0.2, 0) is 6.54 Å². The van der Waals surface area contributed by atoms with Crippen LogP contribution in [0.1, 0.15) is 36.5 Å². The number of nitrogens with one attached hydrogen (secondary N) is 1. The maximum atomic E-state index is 4.18. The quantitative estimate of drug-likeness (QED) is 0.577. The molecule has 0 saturated carbocycles. The highest BCUT2D eigenvalue weighted by Crippen LogP contribution is 2.18. The average molecular weight is 223 g/mol. The first-order valence-electron chi connectivity index (χ1n) is 5.56. The van der Waals surface area contributed by atoms with Crippen LogP contribution in [-0.4, -0.2) is 12.3 Å². The van der Waals surface area contributed by atoms with Gasteiger partial charge in [-0.3, -0.25) is 0 Å². The number of thiol groups is 1. The molecule has 0 aromatic heterocycles.